The SMILES string of the molecule is CC(C)c1ccccc1S(=O)(=O)N1CCCCC1C(C)N.Cl. The summed E-state index contributed by atoms with van der Waals surface area (Å²) in [5.41, 5.74) is 6.91. The van der Waals surface area contributed by atoms with E-state index in [2.05, 4.69) is 0 Å². The molecular weight excluding hydrogens is 320 g/mol. The first kappa shape index (κ1) is 19.4. The zero-order valence-corrected chi connectivity index (χ0v) is 15.2. The monoisotopic (exact) mass is 346 g/mol. The Labute approximate surface area is 140 Å². The van der Waals surface area contributed by atoms with Crippen molar-refractivity contribution in [1.29, 1.82) is 0 Å². The fourth-order valence-corrected chi connectivity index (χ4v) is 5.20. The Morgan fingerprint density at radius 1 is 1.18 bits per heavy atom. The number of benzene rings is 1. The predicted molar refractivity (Wildman–Crippen MR) is 93.0 cm³/mol. The molecule has 1 aromatic carbocycles. The molecule has 0 bridgehead atoms. The molecule has 0 amide bonds. The summed E-state index contributed by atoms with van der Waals surface area (Å²) in [5, 5.41) is 0. The maximum Gasteiger partial charge on any atom is 0.243 e. The van der Waals surface area contributed by atoms with Gasteiger partial charge in [0.15, 0.2) is 0 Å². The van der Waals surface area contributed by atoms with Crippen molar-refractivity contribution in [1.82, 2.24) is 4.31 Å². The molecule has 1 heterocycles. The number of nitrogens with two attached hydrogens (primary N) is 1. The summed E-state index contributed by atoms with van der Waals surface area (Å²) in [7, 11) is -3.48. The van der Waals surface area contributed by atoms with Gasteiger partial charge < -0.3 is 5.73 Å². The maximum absolute atomic E-state index is 13.1. The van der Waals surface area contributed by atoms with Crippen molar-refractivity contribution < 1.29 is 8.42 Å². The van der Waals surface area contributed by atoms with Crippen molar-refractivity contribution in [3.8, 4) is 0 Å². The van der Waals surface area contributed by atoms with Crippen LogP contribution in [0.4, 0.5) is 0 Å². The van der Waals surface area contributed by atoms with Crippen LogP contribution in [0.15, 0.2) is 29.2 Å². The molecule has 2 atom stereocenters. The van der Waals surface area contributed by atoms with Gasteiger partial charge in [0.25, 0.3) is 0 Å². The molecule has 0 saturated carbocycles. The largest absolute Gasteiger partial charge is 0.326 e. The van der Waals surface area contributed by atoms with Crippen LogP contribution in [0.1, 0.15) is 51.5 Å². The van der Waals surface area contributed by atoms with E-state index in [0.717, 1.165) is 24.8 Å². The summed E-state index contributed by atoms with van der Waals surface area (Å²) < 4.78 is 27.8. The van der Waals surface area contributed by atoms with Gasteiger partial charge in [-0.15, -0.1) is 12.4 Å². The van der Waals surface area contributed by atoms with E-state index in [1.54, 1.807) is 16.4 Å². The summed E-state index contributed by atoms with van der Waals surface area (Å²) in [5.74, 6) is 0.175. The zero-order chi connectivity index (χ0) is 15.6. The van der Waals surface area contributed by atoms with Crippen molar-refractivity contribution in [2.75, 3.05) is 6.54 Å². The van der Waals surface area contributed by atoms with Crippen molar-refractivity contribution in [2.24, 2.45) is 5.73 Å². The quantitative estimate of drug-likeness (QED) is 0.911. The molecule has 126 valence electrons. The minimum Gasteiger partial charge on any atom is -0.326 e. The number of hydrogen-bond donors (Lipinski definition) is 1. The molecule has 2 rings (SSSR count). The van der Waals surface area contributed by atoms with Crippen molar-refractivity contribution in [3.05, 3.63) is 29.8 Å². The number of halogens is 1. The van der Waals surface area contributed by atoms with E-state index in [4.69, 9.17) is 5.73 Å². The van der Waals surface area contributed by atoms with Crippen LogP contribution in [0, 0.1) is 0 Å². The summed E-state index contributed by atoms with van der Waals surface area (Å²) in [4.78, 5) is 0.438. The Morgan fingerprint density at radius 2 is 1.82 bits per heavy atom. The zero-order valence-electron chi connectivity index (χ0n) is 13.5. The number of hydrogen-bond acceptors (Lipinski definition) is 3. The van der Waals surface area contributed by atoms with Gasteiger partial charge in [0.1, 0.15) is 0 Å². The molecule has 2 unspecified atom stereocenters. The molecule has 2 N–H and O–H groups in total. The fraction of sp³-hybridized carbons (Fsp3) is 0.625. The Hall–Kier alpha value is -0.620. The predicted octanol–water partition coefficient (Wildman–Crippen LogP) is 3.12. The summed E-state index contributed by atoms with van der Waals surface area (Å²) in [6, 6.07) is 7.08. The van der Waals surface area contributed by atoms with E-state index >= 15 is 0 Å². The van der Waals surface area contributed by atoms with Crippen LogP contribution in [0.25, 0.3) is 0 Å². The number of piperidine rings is 1. The lowest BCUT2D eigenvalue weighted by atomic mass is 10.00. The third-order valence-corrected chi connectivity index (χ3v) is 6.23. The topological polar surface area (TPSA) is 63.4 Å². The summed E-state index contributed by atoms with van der Waals surface area (Å²) in [6.45, 7) is 6.51. The Kier molecular flexibility index (Phi) is 6.86. The van der Waals surface area contributed by atoms with E-state index in [0.29, 0.717) is 11.4 Å². The van der Waals surface area contributed by atoms with Crippen LogP contribution in [-0.4, -0.2) is 31.4 Å². The second-order valence-corrected chi connectivity index (χ2v) is 8.09. The number of nitrogens with zero attached hydrogens (tertiary/aromatic N) is 1. The smallest absolute Gasteiger partial charge is 0.243 e. The highest BCUT2D eigenvalue weighted by Crippen LogP contribution is 2.31. The molecule has 6 heteroatoms. The van der Waals surface area contributed by atoms with Crippen molar-refractivity contribution in [2.45, 2.75) is 62.9 Å². The molecule has 1 saturated heterocycles. The fourth-order valence-electron chi connectivity index (χ4n) is 3.07. The van der Waals surface area contributed by atoms with E-state index in [9.17, 15) is 8.42 Å². The lowest BCUT2D eigenvalue weighted by Gasteiger charge is -2.37. The van der Waals surface area contributed by atoms with E-state index in [1.807, 2.05) is 32.9 Å². The first-order valence-corrected chi connectivity index (χ1v) is 9.16. The molecule has 1 aliphatic heterocycles. The van der Waals surface area contributed by atoms with Gasteiger partial charge in [-0.05, 0) is 37.3 Å². The minimum absolute atomic E-state index is 0. The average Bonchev–Trinajstić information content (AvgIpc) is 2.47. The highest BCUT2D eigenvalue weighted by molar-refractivity contribution is 7.89. The first-order valence-electron chi connectivity index (χ1n) is 7.72. The molecule has 0 aliphatic carbocycles. The van der Waals surface area contributed by atoms with Crippen molar-refractivity contribution in [3.63, 3.8) is 0 Å². The van der Waals surface area contributed by atoms with Crippen LogP contribution < -0.4 is 5.73 Å². The number of sulfonamides is 1. The Balaban J connectivity index is 0.00000242. The molecule has 4 nitrogen and oxygen atoms in total. The molecule has 0 spiro atoms. The van der Waals surface area contributed by atoms with Gasteiger partial charge in [0, 0.05) is 18.6 Å². The molecule has 1 aromatic rings. The third kappa shape index (κ3) is 3.82. The Morgan fingerprint density at radius 3 is 2.41 bits per heavy atom. The second-order valence-electron chi connectivity index (χ2n) is 6.23. The van der Waals surface area contributed by atoms with Gasteiger partial charge in [0.2, 0.25) is 10.0 Å². The average molecular weight is 347 g/mol. The molecule has 1 aliphatic rings. The summed E-state index contributed by atoms with van der Waals surface area (Å²) in [6.07, 6.45) is 2.80. The van der Waals surface area contributed by atoms with Gasteiger partial charge in [-0.25, -0.2) is 8.42 Å². The van der Waals surface area contributed by atoms with Gasteiger partial charge in [-0.2, -0.15) is 4.31 Å². The van der Waals surface area contributed by atoms with Crippen LogP contribution >= 0.6 is 12.4 Å². The third-order valence-electron chi connectivity index (χ3n) is 4.23. The number of rotatable bonds is 4. The lowest BCUT2D eigenvalue weighted by Crippen LogP contribution is -2.51. The molecule has 0 aromatic heterocycles. The molecular formula is C16H27ClN2O2S. The van der Waals surface area contributed by atoms with E-state index in [-0.39, 0.29) is 30.4 Å². The minimum atomic E-state index is -3.48. The van der Waals surface area contributed by atoms with Crippen LogP contribution in [-0.2, 0) is 10.0 Å². The normalized spacial score (nSPS) is 21.4. The van der Waals surface area contributed by atoms with Crippen molar-refractivity contribution >= 4 is 22.4 Å². The van der Waals surface area contributed by atoms with Gasteiger partial charge in [-0.3, -0.25) is 0 Å². The van der Waals surface area contributed by atoms with Crippen LogP contribution in [0.2, 0.25) is 0 Å². The van der Waals surface area contributed by atoms with E-state index in [1.165, 1.54) is 0 Å². The van der Waals surface area contributed by atoms with Crippen LogP contribution in [0.3, 0.4) is 0 Å². The molecule has 22 heavy (non-hydrogen) atoms. The van der Waals surface area contributed by atoms with Gasteiger partial charge in [0.05, 0.1) is 4.90 Å². The first-order chi connectivity index (χ1) is 9.85. The molecule has 1 fully saturated rings. The highest BCUT2D eigenvalue weighted by Gasteiger charge is 2.36. The second kappa shape index (κ2) is 7.77. The van der Waals surface area contributed by atoms with Crippen LogP contribution in [0.5, 0.6) is 0 Å². The summed E-state index contributed by atoms with van der Waals surface area (Å²) >= 11 is 0. The maximum atomic E-state index is 13.1. The Bertz CT molecular complexity index is 588. The van der Waals surface area contributed by atoms with Gasteiger partial charge >= 0.3 is 0 Å². The van der Waals surface area contributed by atoms with E-state index < -0.39 is 10.0 Å². The molecule has 0 radical (unpaired) electrons. The van der Waals surface area contributed by atoms with Gasteiger partial charge in [-0.1, -0.05) is 38.5 Å². The standard InChI is InChI=1S/C16H26N2O2S.ClH/c1-12(2)14-8-4-5-10-16(14)21(19,20)18-11-7-6-9-15(18)13(3)17;/h4-5,8,10,12-13,15H,6-7,9,11,17H2,1-3H3;1H. The lowest BCUT2D eigenvalue weighted by molar-refractivity contribution is 0.227. The highest BCUT2D eigenvalue weighted by atomic mass is 35.5.